The van der Waals surface area contributed by atoms with Crippen LogP contribution in [-0.4, -0.2) is 51.7 Å². The predicted molar refractivity (Wildman–Crippen MR) is 67.9 cm³/mol. The van der Waals surface area contributed by atoms with Crippen molar-refractivity contribution in [3.05, 3.63) is 12.2 Å². The van der Waals surface area contributed by atoms with Crippen molar-refractivity contribution in [3.63, 3.8) is 0 Å². The van der Waals surface area contributed by atoms with Gasteiger partial charge in [0.2, 0.25) is 5.91 Å². The maximum atomic E-state index is 10.8. The standard InChI is InChI=1S/C7H14N2O3.C4H4O4/c1-2-9-6(10)4-3-5(8)7(11)12;5-3(6)1-2-4(7)8/h5H,2-4,8H2,1H3,(H,9,10)(H,11,12);1-2H,(H,5,6)(H,7,8)/b;2-1-/t5-;/m0./s1. The molecule has 9 nitrogen and oxygen atoms in total. The highest BCUT2D eigenvalue weighted by atomic mass is 16.4. The van der Waals surface area contributed by atoms with Gasteiger partial charge in [-0.25, -0.2) is 9.59 Å². The number of hydrogen-bond donors (Lipinski definition) is 5. The van der Waals surface area contributed by atoms with E-state index in [1.807, 2.05) is 0 Å². The van der Waals surface area contributed by atoms with Gasteiger partial charge in [-0.05, 0) is 13.3 Å². The monoisotopic (exact) mass is 290 g/mol. The number of carboxylic acid groups (broad SMARTS) is 3. The summed E-state index contributed by atoms with van der Waals surface area (Å²) in [4.78, 5) is 40.1. The molecule has 0 saturated carbocycles. The van der Waals surface area contributed by atoms with Crippen molar-refractivity contribution in [3.8, 4) is 0 Å². The minimum atomic E-state index is -1.26. The molecule has 1 atom stereocenters. The van der Waals surface area contributed by atoms with Crippen molar-refractivity contribution in [2.24, 2.45) is 5.73 Å². The molecule has 0 spiro atoms. The van der Waals surface area contributed by atoms with E-state index in [0.717, 1.165) is 0 Å². The normalized spacial score (nSPS) is 11.1. The van der Waals surface area contributed by atoms with Crippen LogP contribution in [0.3, 0.4) is 0 Å². The summed E-state index contributed by atoms with van der Waals surface area (Å²) >= 11 is 0. The van der Waals surface area contributed by atoms with E-state index in [1.165, 1.54) is 0 Å². The number of carbonyl (C=O) groups excluding carboxylic acids is 1. The van der Waals surface area contributed by atoms with Crippen molar-refractivity contribution in [2.45, 2.75) is 25.8 Å². The third-order valence-corrected chi connectivity index (χ3v) is 1.74. The van der Waals surface area contributed by atoms with E-state index in [9.17, 15) is 19.2 Å². The lowest BCUT2D eigenvalue weighted by molar-refractivity contribution is -0.139. The minimum absolute atomic E-state index is 0.158. The first-order chi connectivity index (χ1) is 9.20. The number of amides is 1. The van der Waals surface area contributed by atoms with Crippen molar-refractivity contribution in [1.82, 2.24) is 5.32 Å². The third-order valence-electron chi connectivity index (χ3n) is 1.74. The van der Waals surface area contributed by atoms with Crippen molar-refractivity contribution < 1.29 is 34.5 Å². The molecule has 0 rings (SSSR count). The van der Waals surface area contributed by atoms with E-state index in [2.05, 4.69) is 5.32 Å². The number of nitrogens with one attached hydrogen (secondary N) is 1. The minimum Gasteiger partial charge on any atom is -0.480 e. The van der Waals surface area contributed by atoms with Gasteiger partial charge in [-0.15, -0.1) is 0 Å². The number of aliphatic carboxylic acids is 3. The molecule has 114 valence electrons. The largest absolute Gasteiger partial charge is 0.480 e. The smallest absolute Gasteiger partial charge is 0.328 e. The van der Waals surface area contributed by atoms with Gasteiger partial charge in [-0.3, -0.25) is 9.59 Å². The van der Waals surface area contributed by atoms with Crippen LogP contribution in [-0.2, 0) is 19.2 Å². The van der Waals surface area contributed by atoms with E-state index in [1.54, 1.807) is 6.92 Å². The topological polar surface area (TPSA) is 167 Å². The number of nitrogens with two attached hydrogens (primary N) is 1. The summed E-state index contributed by atoms with van der Waals surface area (Å²) in [5.74, 6) is -3.74. The number of hydrogen-bond acceptors (Lipinski definition) is 5. The van der Waals surface area contributed by atoms with Crippen molar-refractivity contribution >= 4 is 23.8 Å². The molecule has 0 aliphatic rings. The molecule has 1 amide bonds. The summed E-state index contributed by atoms with van der Waals surface area (Å²) in [5, 5.41) is 26.5. The van der Waals surface area contributed by atoms with Gasteiger partial charge >= 0.3 is 17.9 Å². The van der Waals surface area contributed by atoms with Gasteiger partial charge < -0.3 is 26.4 Å². The van der Waals surface area contributed by atoms with Gasteiger partial charge in [0.1, 0.15) is 6.04 Å². The van der Waals surface area contributed by atoms with Crippen LogP contribution >= 0.6 is 0 Å². The van der Waals surface area contributed by atoms with E-state index in [0.29, 0.717) is 18.7 Å². The lowest BCUT2D eigenvalue weighted by Crippen LogP contribution is -2.32. The Hall–Kier alpha value is -2.42. The second-order valence-corrected chi connectivity index (χ2v) is 3.45. The second kappa shape index (κ2) is 11.7. The molecular weight excluding hydrogens is 272 g/mol. The van der Waals surface area contributed by atoms with Crippen LogP contribution in [0, 0.1) is 0 Å². The number of carboxylic acids is 3. The Morgan fingerprint density at radius 3 is 1.85 bits per heavy atom. The Bertz CT molecular complexity index is 363. The summed E-state index contributed by atoms with van der Waals surface area (Å²) in [5.41, 5.74) is 5.18. The Morgan fingerprint density at radius 2 is 1.55 bits per heavy atom. The summed E-state index contributed by atoms with van der Waals surface area (Å²) in [6.07, 6.45) is 1.47. The van der Waals surface area contributed by atoms with Gasteiger partial charge in [0.15, 0.2) is 0 Å². The maximum absolute atomic E-state index is 10.8. The quantitative estimate of drug-likeness (QED) is 0.373. The highest BCUT2D eigenvalue weighted by Crippen LogP contribution is 1.94. The average Bonchev–Trinajstić information content (AvgIpc) is 2.34. The fourth-order valence-corrected chi connectivity index (χ4v) is 0.838. The average molecular weight is 290 g/mol. The van der Waals surface area contributed by atoms with Gasteiger partial charge in [0.25, 0.3) is 0 Å². The van der Waals surface area contributed by atoms with Gasteiger partial charge in [0, 0.05) is 25.1 Å². The van der Waals surface area contributed by atoms with E-state index >= 15 is 0 Å². The van der Waals surface area contributed by atoms with Crippen LogP contribution in [0.15, 0.2) is 12.2 Å². The number of carbonyl (C=O) groups is 4. The summed E-state index contributed by atoms with van der Waals surface area (Å²) < 4.78 is 0. The molecule has 6 N–H and O–H groups in total. The van der Waals surface area contributed by atoms with Crippen LogP contribution in [0.2, 0.25) is 0 Å². The van der Waals surface area contributed by atoms with E-state index < -0.39 is 23.9 Å². The molecule has 0 fully saturated rings. The zero-order valence-corrected chi connectivity index (χ0v) is 10.9. The Kier molecular flexibility index (Phi) is 11.6. The summed E-state index contributed by atoms with van der Waals surface area (Å²) in [6, 6.07) is -0.937. The Labute approximate surface area is 115 Å². The van der Waals surface area contributed by atoms with Crippen molar-refractivity contribution in [1.29, 1.82) is 0 Å². The zero-order chi connectivity index (χ0) is 16.1. The van der Waals surface area contributed by atoms with Gasteiger partial charge in [0.05, 0.1) is 0 Å². The van der Waals surface area contributed by atoms with Crippen molar-refractivity contribution in [2.75, 3.05) is 6.54 Å². The van der Waals surface area contributed by atoms with E-state index in [-0.39, 0.29) is 18.7 Å². The molecule has 0 aliphatic heterocycles. The lowest BCUT2D eigenvalue weighted by Gasteiger charge is -2.05. The van der Waals surface area contributed by atoms with Gasteiger partial charge in [-0.2, -0.15) is 0 Å². The molecule has 0 aromatic carbocycles. The highest BCUT2D eigenvalue weighted by molar-refractivity contribution is 5.89. The second-order valence-electron chi connectivity index (χ2n) is 3.45. The SMILES string of the molecule is CCNC(=O)CC[C@H](N)C(=O)O.O=C(O)/C=C\C(=O)O. The van der Waals surface area contributed by atoms with E-state index in [4.69, 9.17) is 21.1 Å². The zero-order valence-electron chi connectivity index (χ0n) is 10.9. The maximum Gasteiger partial charge on any atom is 0.328 e. The fraction of sp³-hybridized carbons (Fsp3) is 0.455. The first-order valence-electron chi connectivity index (χ1n) is 5.59. The van der Waals surface area contributed by atoms with Crippen LogP contribution in [0.25, 0.3) is 0 Å². The lowest BCUT2D eigenvalue weighted by atomic mass is 10.1. The molecule has 0 heterocycles. The van der Waals surface area contributed by atoms with Crippen LogP contribution in [0.5, 0.6) is 0 Å². The van der Waals surface area contributed by atoms with Crippen LogP contribution in [0.1, 0.15) is 19.8 Å². The fourth-order valence-electron chi connectivity index (χ4n) is 0.838. The molecule has 0 aromatic heterocycles. The van der Waals surface area contributed by atoms with Gasteiger partial charge in [-0.1, -0.05) is 0 Å². The van der Waals surface area contributed by atoms with Crippen LogP contribution in [0.4, 0.5) is 0 Å². The summed E-state index contributed by atoms with van der Waals surface area (Å²) in [7, 11) is 0. The predicted octanol–water partition coefficient (Wildman–Crippen LogP) is -0.974. The molecule has 0 radical (unpaired) electrons. The third kappa shape index (κ3) is 15.6. The molecule has 20 heavy (non-hydrogen) atoms. The molecule has 0 saturated heterocycles. The first-order valence-corrected chi connectivity index (χ1v) is 5.59. The Balaban J connectivity index is 0. The number of rotatable bonds is 7. The molecule has 0 unspecified atom stereocenters. The molecular formula is C11H18N2O7. The molecule has 9 heteroatoms. The summed E-state index contributed by atoms with van der Waals surface area (Å²) in [6.45, 7) is 2.36. The Morgan fingerprint density at radius 1 is 1.10 bits per heavy atom. The molecule has 0 aliphatic carbocycles. The molecule has 0 aromatic rings. The first kappa shape index (κ1) is 19.9. The highest BCUT2D eigenvalue weighted by Gasteiger charge is 2.12. The van der Waals surface area contributed by atoms with Crippen LogP contribution < -0.4 is 11.1 Å². The molecule has 0 bridgehead atoms.